The lowest BCUT2D eigenvalue weighted by molar-refractivity contribution is -0.159. The van der Waals surface area contributed by atoms with Crippen LogP contribution in [0, 0.1) is 5.92 Å². The number of esters is 2. The van der Waals surface area contributed by atoms with E-state index in [2.05, 4.69) is 24.5 Å². The van der Waals surface area contributed by atoms with E-state index < -0.39 is 20.1 Å². The number of aliphatic hydroxyl groups is 1. The van der Waals surface area contributed by atoms with Crippen LogP contribution in [0.4, 0.5) is 0 Å². The third-order valence-corrected chi connectivity index (χ3v) is 7.60. The first-order chi connectivity index (χ1) is 12.7. The zero-order valence-corrected chi connectivity index (χ0v) is 18.4. The molecule has 7 heteroatoms. The van der Waals surface area contributed by atoms with Crippen molar-refractivity contribution in [1.82, 2.24) is 4.90 Å². The van der Waals surface area contributed by atoms with E-state index in [-0.39, 0.29) is 18.0 Å². The summed E-state index contributed by atoms with van der Waals surface area (Å²) >= 11 is 0. The number of fused-ring (bicyclic) bond motifs is 2. The Morgan fingerprint density at radius 1 is 1.07 bits per heavy atom. The van der Waals surface area contributed by atoms with Crippen molar-refractivity contribution in [1.29, 1.82) is 0 Å². The lowest BCUT2D eigenvalue weighted by Gasteiger charge is -2.39. The van der Waals surface area contributed by atoms with E-state index in [1.54, 1.807) is 0 Å². The summed E-state index contributed by atoms with van der Waals surface area (Å²) in [5, 5.41) is 10.3. The summed E-state index contributed by atoms with van der Waals surface area (Å²) in [6.45, 7) is 7.67. The van der Waals surface area contributed by atoms with Crippen LogP contribution in [0.3, 0.4) is 0 Å². The van der Waals surface area contributed by atoms with Gasteiger partial charge in [-0.05, 0) is 51.6 Å². The fourth-order valence-corrected chi connectivity index (χ4v) is 4.83. The average molecular weight is 400 g/mol. The Morgan fingerprint density at radius 2 is 1.81 bits per heavy atom. The molecule has 2 heterocycles. The Kier molecular flexibility index (Phi) is 8.31. The predicted molar refractivity (Wildman–Crippen MR) is 107 cm³/mol. The van der Waals surface area contributed by atoms with Crippen molar-refractivity contribution in [3.63, 3.8) is 0 Å². The molecule has 2 bridgehead atoms. The minimum absolute atomic E-state index is 0.108. The zero-order chi connectivity index (χ0) is 20.0. The van der Waals surface area contributed by atoms with Gasteiger partial charge in [0.25, 0.3) is 0 Å². The van der Waals surface area contributed by atoms with Gasteiger partial charge in [0.2, 0.25) is 0 Å². The van der Waals surface area contributed by atoms with Crippen molar-refractivity contribution in [3.05, 3.63) is 0 Å². The Bertz CT molecular complexity index is 507. The van der Waals surface area contributed by atoms with Gasteiger partial charge in [-0.3, -0.25) is 14.5 Å². The fourth-order valence-electron chi connectivity index (χ4n) is 4.11. The van der Waals surface area contributed by atoms with Gasteiger partial charge in [0.05, 0.1) is 25.2 Å². The number of hydrogen-bond donors (Lipinski definition) is 1. The van der Waals surface area contributed by atoms with Gasteiger partial charge in [-0.2, -0.15) is 0 Å². The lowest BCUT2D eigenvalue weighted by atomic mass is 9.88. The molecule has 0 radical (unpaired) electrons. The van der Waals surface area contributed by atoms with Crippen molar-refractivity contribution in [2.45, 2.75) is 88.8 Å². The van der Waals surface area contributed by atoms with Crippen LogP contribution in [0.25, 0.3) is 0 Å². The highest BCUT2D eigenvalue weighted by Gasteiger charge is 2.48. The molecule has 156 valence electrons. The fraction of sp³-hybridized carbons (Fsp3) is 0.900. The molecule has 27 heavy (non-hydrogen) atoms. The molecular weight excluding hydrogens is 362 g/mol. The summed E-state index contributed by atoms with van der Waals surface area (Å²) in [6, 6.07) is 1.51. The lowest BCUT2D eigenvalue weighted by Crippen LogP contribution is -2.52. The number of piperidine rings is 1. The standard InChI is InChI=1S/C20H37NO5Si/c1-21-15-9-10-16(21)19(17(22)14-15)20(24)26-11-7-5-6-8-18(23)25-12-13-27(2,3)4/h15-17,19,22H,5-14H2,1-4H3/t15-,16+,17-,19+/m0/s1. The van der Waals surface area contributed by atoms with Crippen molar-refractivity contribution in [3.8, 4) is 0 Å². The first-order valence-corrected chi connectivity index (χ1v) is 14.1. The molecule has 0 amide bonds. The van der Waals surface area contributed by atoms with Crippen LogP contribution in [0.5, 0.6) is 0 Å². The van der Waals surface area contributed by atoms with E-state index in [0.717, 1.165) is 38.1 Å². The number of ether oxygens (including phenoxy) is 2. The molecule has 6 nitrogen and oxygen atoms in total. The minimum atomic E-state index is -1.16. The Hall–Kier alpha value is -0.923. The van der Waals surface area contributed by atoms with Crippen molar-refractivity contribution in [2.75, 3.05) is 20.3 Å². The smallest absolute Gasteiger partial charge is 0.313 e. The highest BCUT2D eigenvalue weighted by molar-refractivity contribution is 6.76. The highest BCUT2D eigenvalue weighted by Crippen LogP contribution is 2.38. The highest BCUT2D eigenvalue weighted by atomic mass is 28.3. The van der Waals surface area contributed by atoms with E-state index in [9.17, 15) is 14.7 Å². The Labute approximate surface area is 164 Å². The van der Waals surface area contributed by atoms with Crippen LogP contribution in [0.15, 0.2) is 0 Å². The molecule has 2 saturated heterocycles. The van der Waals surface area contributed by atoms with Gasteiger partial charge in [-0.25, -0.2) is 0 Å². The van der Waals surface area contributed by atoms with Crippen LogP contribution in [0.2, 0.25) is 25.7 Å². The minimum Gasteiger partial charge on any atom is -0.466 e. The molecule has 0 spiro atoms. The summed E-state index contributed by atoms with van der Waals surface area (Å²) < 4.78 is 10.7. The van der Waals surface area contributed by atoms with Gasteiger partial charge < -0.3 is 14.6 Å². The maximum atomic E-state index is 12.4. The maximum Gasteiger partial charge on any atom is 0.313 e. The molecule has 0 aliphatic carbocycles. The monoisotopic (exact) mass is 399 g/mol. The number of carbonyl (C=O) groups is 2. The summed E-state index contributed by atoms with van der Waals surface area (Å²) in [5.41, 5.74) is 0. The Morgan fingerprint density at radius 3 is 2.52 bits per heavy atom. The van der Waals surface area contributed by atoms with Gasteiger partial charge in [-0.1, -0.05) is 19.6 Å². The van der Waals surface area contributed by atoms with Crippen LogP contribution in [-0.4, -0.2) is 68.5 Å². The SMILES string of the molecule is CN1[C@H]2CC[C@@H]1[C@@H](C(=O)OCCCCCC(=O)OCC[Si](C)(C)C)[C@@H](O)C2. The van der Waals surface area contributed by atoms with E-state index in [0.29, 0.717) is 32.1 Å². The molecule has 0 aromatic rings. The quantitative estimate of drug-likeness (QED) is 0.346. The molecule has 0 aromatic heterocycles. The van der Waals surface area contributed by atoms with Crippen LogP contribution >= 0.6 is 0 Å². The van der Waals surface area contributed by atoms with Gasteiger partial charge >= 0.3 is 11.9 Å². The molecular formula is C20H37NO5Si. The zero-order valence-electron chi connectivity index (χ0n) is 17.4. The average Bonchev–Trinajstić information content (AvgIpc) is 2.80. The molecule has 2 aliphatic heterocycles. The van der Waals surface area contributed by atoms with E-state index in [4.69, 9.17) is 9.47 Å². The normalized spacial score (nSPS) is 28.2. The topological polar surface area (TPSA) is 76.1 Å². The number of rotatable bonds is 10. The molecule has 2 aliphatic rings. The van der Waals surface area contributed by atoms with Gasteiger partial charge in [0.1, 0.15) is 0 Å². The summed E-state index contributed by atoms with van der Waals surface area (Å²) in [5.74, 6) is -0.824. The summed E-state index contributed by atoms with van der Waals surface area (Å²) in [4.78, 5) is 26.3. The molecule has 4 atom stereocenters. The molecule has 0 saturated carbocycles. The van der Waals surface area contributed by atoms with E-state index in [1.165, 1.54) is 0 Å². The molecule has 0 unspecified atom stereocenters. The van der Waals surface area contributed by atoms with Crippen molar-refractivity contribution >= 4 is 20.0 Å². The Balaban J connectivity index is 1.55. The number of nitrogens with zero attached hydrogens (tertiary/aromatic N) is 1. The van der Waals surface area contributed by atoms with Crippen molar-refractivity contribution < 1.29 is 24.2 Å². The summed E-state index contributed by atoms with van der Waals surface area (Å²) in [7, 11) is 0.880. The maximum absolute atomic E-state index is 12.4. The third-order valence-electron chi connectivity index (χ3n) is 5.89. The number of unbranched alkanes of at least 4 members (excludes halogenated alkanes) is 2. The second kappa shape index (κ2) is 10.0. The molecule has 1 N–H and O–H groups in total. The second-order valence-electron chi connectivity index (χ2n) is 9.30. The van der Waals surface area contributed by atoms with Crippen LogP contribution in [0.1, 0.15) is 44.9 Å². The van der Waals surface area contributed by atoms with Crippen molar-refractivity contribution in [2.24, 2.45) is 5.92 Å². The molecule has 2 fully saturated rings. The molecule has 0 aromatic carbocycles. The predicted octanol–water partition coefficient (Wildman–Crippen LogP) is 2.82. The number of aliphatic hydroxyl groups excluding tert-OH is 1. The number of carbonyl (C=O) groups excluding carboxylic acids is 2. The van der Waals surface area contributed by atoms with E-state index in [1.807, 2.05) is 7.05 Å². The number of hydrogen-bond acceptors (Lipinski definition) is 6. The second-order valence-corrected chi connectivity index (χ2v) is 14.9. The van der Waals surface area contributed by atoms with Gasteiger partial charge in [0, 0.05) is 26.6 Å². The van der Waals surface area contributed by atoms with Gasteiger partial charge in [0.15, 0.2) is 0 Å². The van der Waals surface area contributed by atoms with Gasteiger partial charge in [-0.15, -0.1) is 0 Å². The molecule has 2 rings (SSSR count). The van der Waals surface area contributed by atoms with Crippen LogP contribution in [-0.2, 0) is 19.1 Å². The van der Waals surface area contributed by atoms with E-state index >= 15 is 0 Å². The third kappa shape index (κ3) is 6.87. The first kappa shape index (κ1) is 22.4. The summed E-state index contributed by atoms with van der Waals surface area (Å²) in [6.07, 6.45) is 4.82. The first-order valence-electron chi connectivity index (χ1n) is 10.4. The largest absolute Gasteiger partial charge is 0.466 e. The van der Waals surface area contributed by atoms with Crippen LogP contribution < -0.4 is 0 Å².